The summed E-state index contributed by atoms with van der Waals surface area (Å²) in [5.74, 6) is 0. The van der Waals surface area contributed by atoms with Gasteiger partial charge in [-0.1, -0.05) is 6.92 Å². The summed E-state index contributed by atoms with van der Waals surface area (Å²) >= 11 is 0. The van der Waals surface area contributed by atoms with Crippen LogP contribution in [0.1, 0.15) is 40.0 Å². The van der Waals surface area contributed by atoms with E-state index in [0.717, 1.165) is 26.2 Å². The Morgan fingerprint density at radius 1 is 1.47 bits per heavy atom. The van der Waals surface area contributed by atoms with E-state index in [1.165, 1.54) is 12.8 Å². The van der Waals surface area contributed by atoms with Crippen molar-refractivity contribution < 1.29 is 9.47 Å². The average molecular weight is 215 g/mol. The van der Waals surface area contributed by atoms with Crippen molar-refractivity contribution in [2.45, 2.75) is 58.3 Å². The van der Waals surface area contributed by atoms with Gasteiger partial charge in [0.25, 0.3) is 0 Å². The Hall–Kier alpha value is -0.120. The van der Waals surface area contributed by atoms with E-state index >= 15 is 0 Å². The lowest BCUT2D eigenvalue weighted by Gasteiger charge is -2.23. The predicted octanol–water partition coefficient (Wildman–Crippen LogP) is 1.96. The average Bonchev–Trinajstić information content (AvgIpc) is 2.75. The molecule has 3 atom stereocenters. The zero-order valence-corrected chi connectivity index (χ0v) is 10.3. The van der Waals surface area contributed by atoms with Crippen LogP contribution in [0.3, 0.4) is 0 Å². The lowest BCUT2D eigenvalue weighted by atomic mass is 10.2. The number of hydrogen-bond donors (Lipinski definition) is 1. The third-order valence-corrected chi connectivity index (χ3v) is 2.99. The highest BCUT2D eigenvalue weighted by Gasteiger charge is 2.18. The molecule has 1 rings (SSSR count). The van der Waals surface area contributed by atoms with E-state index in [0.29, 0.717) is 12.1 Å². The van der Waals surface area contributed by atoms with Crippen molar-refractivity contribution >= 4 is 0 Å². The fraction of sp³-hybridized carbons (Fsp3) is 1.00. The van der Waals surface area contributed by atoms with E-state index < -0.39 is 0 Å². The third kappa shape index (κ3) is 4.96. The van der Waals surface area contributed by atoms with Crippen molar-refractivity contribution in [2.75, 3.05) is 19.8 Å². The molecule has 1 N–H and O–H groups in total. The molecule has 15 heavy (non-hydrogen) atoms. The van der Waals surface area contributed by atoms with E-state index in [-0.39, 0.29) is 6.10 Å². The minimum Gasteiger partial charge on any atom is -0.376 e. The molecule has 0 spiro atoms. The second-order valence-corrected chi connectivity index (χ2v) is 4.42. The molecule has 0 aliphatic carbocycles. The standard InChI is InChI=1S/C12H25NO2/c1-4-7-13-10(2)11(3)15-9-12-6-5-8-14-12/h10-13H,4-9H2,1-3H3. The molecule has 1 aliphatic heterocycles. The highest BCUT2D eigenvalue weighted by molar-refractivity contribution is 4.70. The Bertz CT molecular complexity index is 158. The van der Waals surface area contributed by atoms with Gasteiger partial charge in [-0.25, -0.2) is 0 Å². The first-order valence-corrected chi connectivity index (χ1v) is 6.20. The second kappa shape index (κ2) is 7.20. The molecule has 0 amide bonds. The summed E-state index contributed by atoms with van der Waals surface area (Å²) in [5, 5.41) is 3.44. The number of hydrogen-bond acceptors (Lipinski definition) is 3. The first-order chi connectivity index (χ1) is 7.24. The van der Waals surface area contributed by atoms with Gasteiger partial charge < -0.3 is 14.8 Å². The van der Waals surface area contributed by atoms with E-state index in [4.69, 9.17) is 9.47 Å². The Labute approximate surface area is 93.5 Å². The van der Waals surface area contributed by atoms with Crippen molar-refractivity contribution in [1.29, 1.82) is 0 Å². The van der Waals surface area contributed by atoms with Gasteiger partial charge in [0, 0.05) is 12.6 Å². The lowest BCUT2D eigenvalue weighted by Crippen LogP contribution is -2.38. The van der Waals surface area contributed by atoms with Gasteiger partial charge >= 0.3 is 0 Å². The van der Waals surface area contributed by atoms with Crippen molar-refractivity contribution in [2.24, 2.45) is 0 Å². The molecule has 0 saturated carbocycles. The van der Waals surface area contributed by atoms with Gasteiger partial charge in [0.05, 0.1) is 18.8 Å². The molecule has 0 radical (unpaired) electrons. The summed E-state index contributed by atoms with van der Waals surface area (Å²) in [4.78, 5) is 0. The van der Waals surface area contributed by atoms with Crippen LogP contribution >= 0.6 is 0 Å². The Balaban J connectivity index is 2.08. The molecule has 1 heterocycles. The van der Waals surface area contributed by atoms with Gasteiger partial charge in [-0.3, -0.25) is 0 Å². The van der Waals surface area contributed by atoms with Crippen molar-refractivity contribution in [3.8, 4) is 0 Å². The van der Waals surface area contributed by atoms with Gasteiger partial charge in [0.1, 0.15) is 0 Å². The molecular weight excluding hydrogens is 190 g/mol. The van der Waals surface area contributed by atoms with Gasteiger partial charge in [-0.2, -0.15) is 0 Å². The van der Waals surface area contributed by atoms with Crippen LogP contribution in [0.5, 0.6) is 0 Å². The third-order valence-electron chi connectivity index (χ3n) is 2.99. The maximum Gasteiger partial charge on any atom is 0.0809 e. The van der Waals surface area contributed by atoms with Crippen molar-refractivity contribution in [1.82, 2.24) is 5.32 Å². The van der Waals surface area contributed by atoms with Gasteiger partial charge in [0.15, 0.2) is 0 Å². The van der Waals surface area contributed by atoms with Crippen LogP contribution in [0.25, 0.3) is 0 Å². The molecule has 0 bridgehead atoms. The minimum atomic E-state index is 0.265. The van der Waals surface area contributed by atoms with Gasteiger partial charge in [-0.05, 0) is 39.7 Å². The van der Waals surface area contributed by atoms with Gasteiger partial charge in [0.2, 0.25) is 0 Å². The highest BCUT2D eigenvalue weighted by Crippen LogP contribution is 2.13. The van der Waals surface area contributed by atoms with E-state index in [1.807, 2.05) is 0 Å². The van der Waals surface area contributed by atoms with Crippen LogP contribution in [0.2, 0.25) is 0 Å². The molecule has 0 aromatic rings. The smallest absolute Gasteiger partial charge is 0.0809 e. The molecule has 0 aromatic heterocycles. The summed E-state index contributed by atoms with van der Waals surface area (Å²) in [6, 6.07) is 0.423. The van der Waals surface area contributed by atoms with E-state index in [1.54, 1.807) is 0 Å². The molecule has 3 unspecified atom stereocenters. The molecule has 1 saturated heterocycles. The summed E-state index contributed by atoms with van der Waals surface area (Å²) in [6.07, 6.45) is 4.12. The summed E-state index contributed by atoms with van der Waals surface area (Å²) < 4.78 is 11.3. The topological polar surface area (TPSA) is 30.5 Å². The van der Waals surface area contributed by atoms with Crippen LogP contribution in [-0.4, -0.2) is 38.0 Å². The Morgan fingerprint density at radius 2 is 2.27 bits per heavy atom. The summed E-state index contributed by atoms with van der Waals surface area (Å²) in [7, 11) is 0. The number of nitrogens with one attached hydrogen (secondary N) is 1. The summed E-state index contributed by atoms with van der Waals surface area (Å²) in [6.45, 7) is 9.20. The van der Waals surface area contributed by atoms with Crippen molar-refractivity contribution in [3.63, 3.8) is 0 Å². The Morgan fingerprint density at radius 3 is 2.87 bits per heavy atom. The lowest BCUT2D eigenvalue weighted by molar-refractivity contribution is -0.0242. The number of ether oxygens (including phenoxy) is 2. The summed E-state index contributed by atoms with van der Waals surface area (Å²) in [5.41, 5.74) is 0. The molecule has 0 aromatic carbocycles. The molecular formula is C12H25NO2. The molecule has 1 aliphatic rings. The maximum atomic E-state index is 5.80. The minimum absolute atomic E-state index is 0.265. The quantitative estimate of drug-likeness (QED) is 0.704. The predicted molar refractivity (Wildman–Crippen MR) is 62.1 cm³/mol. The number of rotatable bonds is 7. The SMILES string of the molecule is CCCNC(C)C(C)OCC1CCCO1. The van der Waals surface area contributed by atoms with Crippen LogP contribution in [0.4, 0.5) is 0 Å². The van der Waals surface area contributed by atoms with E-state index in [2.05, 4.69) is 26.1 Å². The van der Waals surface area contributed by atoms with Crippen LogP contribution in [0.15, 0.2) is 0 Å². The van der Waals surface area contributed by atoms with Crippen LogP contribution in [-0.2, 0) is 9.47 Å². The molecule has 90 valence electrons. The second-order valence-electron chi connectivity index (χ2n) is 4.42. The monoisotopic (exact) mass is 215 g/mol. The highest BCUT2D eigenvalue weighted by atomic mass is 16.5. The zero-order valence-electron chi connectivity index (χ0n) is 10.3. The largest absolute Gasteiger partial charge is 0.376 e. The zero-order chi connectivity index (χ0) is 11.1. The molecule has 3 nitrogen and oxygen atoms in total. The van der Waals surface area contributed by atoms with Gasteiger partial charge in [-0.15, -0.1) is 0 Å². The molecule has 1 fully saturated rings. The fourth-order valence-corrected chi connectivity index (χ4v) is 1.72. The molecule has 3 heteroatoms. The van der Waals surface area contributed by atoms with Crippen LogP contribution in [0, 0.1) is 0 Å². The van der Waals surface area contributed by atoms with E-state index in [9.17, 15) is 0 Å². The fourth-order valence-electron chi connectivity index (χ4n) is 1.72. The normalized spacial score (nSPS) is 25.4. The first-order valence-electron chi connectivity index (χ1n) is 6.20. The van der Waals surface area contributed by atoms with Crippen LogP contribution < -0.4 is 5.32 Å². The first kappa shape index (κ1) is 12.9. The van der Waals surface area contributed by atoms with Crippen molar-refractivity contribution in [3.05, 3.63) is 0 Å². The maximum absolute atomic E-state index is 5.80. The Kier molecular flexibility index (Phi) is 6.22.